The third-order valence-corrected chi connectivity index (χ3v) is 2.37. The topological polar surface area (TPSA) is 356 Å². The molecule has 0 aliphatic rings. The molecule has 0 aromatic rings. The molecule has 6 atom stereocenters. The molecule has 0 saturated heterocycles. The van der Waals surface area contributed by atoms with Crippen molar-refractivity contribution in [2.24, 2.45) is 0 Å². The van der Waals surface area contributed by atoms with Crippen molar-refractivity contribution in [1.29, 1.82) is 0 Å². The summed E-state index contributed by atoms with van der Waals surface area (Å²) < 4.78 is 0. The SMILES string of the molecule is O=C(O)C(O)C(O)C(=O)O.O=C([O-])C(O)C(O)C(=O)[O-].O=C([O-])C(O)C(O)C(=O)[O-].[Fe+2].[Fe+2]. The molecule has 0 aliphatic heterocycles. The van der Waals surface area contributed by atoms with Gasteiger partial charge in [0.2, 0.25) is 0 Å². The molecule has 0 aromatic heterocycles. The smallest absolute Gasteiger partial charge is 0.547 e. The Kier molecular flexibility index (Phi) is 24.2. The van der Waals surface area contributed by atoms with Crippen molar-refractivity contribution in [3.05, 3.63) is 0 Å². The van der Waals surface area contributed by atoms with Crippen LogP contribution in [0.25, 0.3) is 0 Å². The van der Waals surface area contributed by atoms with E-state index < -0.39 is 72.4 Å². The largest absolute Gasteiger partial charge is 2.00 e. The van der Waals surface area contributed by atoms with Crippen LogP contribution < -0.4 is 20.4 Å². The fourth-order valence-electron chi connectivity index (χ4n) is 0.786. The molecule has 0 aliphatic carbocycles. The Morgan fingerprint density at radius 1 is 0.406 bits per heavy atom. The van der Waals surface area contributed by atoms with E-state index in [9.17, 15) is 49.2 Å². The van der Waals surface area contributed by atoms with Gasteiger partial charge in [-0.3, -0.25) is 0 Å². The van der Waals surface area contributed by atoms with Crippen LogP contribution in [0, 0.1) is 0 Å². The van der Waals surface area contributed by atoms with Crippen LogP contribution in [-0.2, 0) is 62.9 Å². The molecule has 18 nitrogen and oxygen atoms in total. The summed E-state index contributed by atoms with van der Waals surface area (Å²) in [4.78, 5) is 58.1. The average molecular weight is 558 g/mol. The number of rotatable bonds is 9. The third kappa shape index (κ3) is 17.3. The Morgan fingerprint density at radius 3 is 0.594 bits per heavy atom. The van der Waals surface area contributed by atoms with Crippen LogP contribution >= 0.6 is 0 Å². The summed E-state index contributed by atoms with van der Waals surface area (Å²) in [7, 11) is 0. The van der Waals surface area contributed by atoms with E-state index in [0.717, 1.165) is 0 Å². The molecule has 0 rings (SSSR count). The summed E-state index contributed by atoms with van der Waals surface area (Å²) in [5, 5.41) is 104. The molecular formula is C12H14Fe2O18. The van der Waals surface area contributed by atoms with E-state index in [2.05, 4.69) is 0 Å². The number of carbonyl (C=O) groups is 6. The van der Waals surface area contributed by atoms with Crippen molar-refractivity contribution in [3.8, 4) is 0 Å². The van der Waals surface area contributed by atoms with Gasteiger partial charge in [-0.15, -0.1) is 0 Å². The van der Waals surface area contributed by atoms with Gasteiger partial charge in [-0.1, -0.05) is 0 Å². The Labute approximate surface area is 196 Å². The summed E-state index contributed by atoms with van der Waals surface area (Å²) in [6.07, 6.45) is -14.3. The number of aliphatic hydroxyl groups is 6. The van der Waals surface area contributed by atoms with E-state index >= 15 is 0 Å². The number of carbonyl (C=O) groups excluding carboxylic acids is 4. The molecule has 0 bridgehead atoms. The van der Waals surface area contributed by atoms with Gasteiger partial charge in [0.1, 0.15) is 24.4 Å². The summed E-state index contributed by atoms with van der Waals surface area (Å²) in [5.74, 6) is -11.8. The first kappa shape index (κ1) is 40.0. The molecule has 186 valence electrons. The van der Waals surface area contributed by atoms with Crippen molar-refractivity contribution in [2.45, 2.75) is 36.6 Å². The minimum atomic E-state index is -2.44. The molecule has 0 radical (unpaired) electrons. The Bertz CT molecular complexity index is 498. The second kappa shape index (κ2) is 19.3. The Morgan fingerprint density at radius 2 is 0.531 bits per heavy atom. The summed E-state index contributed by atoms with van der Waals surface area (Å²) in [5.41, 5.74) is 0. The minimum Gasteiger partial charge on any atom is -0.547 e. The predicted octanol–water partition coefficient (Wildman–Crippen LogP) is -11.7. The zero-order valence-corrected chi connectivity index (χ0v) is 17.0. The van der Waals surface area contributed by atoms with Gasteiger partial charge in [-0.2, -0.15) is 0 Å². The minimum absolute atomic E-state index is 0. The maximum atomic E-state index is 9.77. The molecule has 0 spiro atoms. The van der Waals surface area contributed by atoms with Crippen molar-refractivity contribution < 1.29 is 124 Å². The first-order valence-corrected chi connectivity index (χ1v) is 6.77. The zero-order valence-electron chi connectivity index (χ0n) is 14.8. The normalized spacial score (nSPS) is 14.8. The second-order valence-electron chi connectivity index (χ2n) is 4.62. The summed E-state index contributed by atoms with van der Waals surface area (Å²) in [6.45, 7) is 0. The van der Waals surface area contributed by atoms with Crippen LogP contribution in [0.15, 0.2) is 0 Å². The summed E-state index contributed by atoms with van der Waals surface area (Å²) >= 11 is 0. The van der Waals surface area contributed by atoms with Crippen molar-refractivity contribution >= 4 is 35.8 Å². The Balaban J connectivity index is -0.000000110. The van der Waals surface area contributed by atoms with Crippen LogP contribution in [0.3, 0.4) is 0 Å². The van der Waals surface area contributed by atoms with E-state index in [1.165, 1.54) is 0 Å². The third-order valence-electron chi connectivity index (χ3n) is 2.37. The fourth-order valence-corrected chi connectivity index (χ4v) is 0.786. The monoisotopic (exact) mass is 558 g/mol. The predicted molar refractivity (Wildman–Crippen MR) is 71.3 cm³/mol. The van der Waals surface area contributed by atoms with Gasteiger partial charge in [0.15, 0.2) is 12.2 Å². The van der Waals surface area contributed by atoms with Crippen LogP contribution in [0.2, 0.25) is 0 Å². The number of hydrogen-bond acceptors (Lipinski definition) is 16. The number of hydrogen-bond donors (Lipinski definition) is 8. The quantitative estimate of drug-likeness (QED) is 0.122. The van der Waals surface area contributed by atoms with Crippen LogP contribution in [0.4, 0.5) is 0 Å². The molecule has 6 unspecified atom stereocenters. The maximum Gasteiger partial charge on any atom is 2.00 e. The fraction of sp³-hybridized carbons (Fsp3) is 0.500. The van der Waals surface area contributed by atoms with Gasteiger partial charge in [0, 0.05) is 0 Å². The molecule has 32 heavy (non-hydrogen) atoms. The number of carboxylic acids is 6. The van der Waals surface area contributed by atoms with E-state index in [4.69, 9.17) is 40.9 Å². The molecule has 0 aromatic carbocycles. The van der Waals surface area contributed by atoms with Gasteiger partial charge in [0.25, 0.3) is 0 Å². The average Bonchev–Trinajstić information content (AvgIpc) is 2.64. The molecule has 0 saturated carbocycles. The van der Waals surface area contributed by atoms with Crippen LogP contribution in [0.5, 0.6) is 0 Å². The van der Waals surface area contributed by atoms with Crippen LogP contribution in [-0.4, -0.2) is 113 Å². The second-order valence-corrected chi connectivity index (χ2v) is 4.62. The first-order chi connectivity index (χ1) is 13.4. The molecule has 8 N–H and O–H groups in total. The van der Waals surface area contributed by atoms with Crippen molar-refractivity contribution in [1.82, 2.24) is 0 Å². The molecule has 0 fully saturated rings. The Hall–Kier alpha value is -2.38. The van der Waals surface area contributed by atoms with Gasteiger partial charge in [0.05, 0.1) is 23.9 Å². The molecular weight excluding hydrogens is 544 g/mol. The maximum absolute atomic E-state index is 9.77. The molecule has 0 heterocycles. The number of aliphatic hydroxyl groups excluding tert-OH is 6. The summed E-state index contributed by atoms with van der Waals surface area (Å²) in [6, 6.07) is 0. The van der Waals surface area contributed by atoms with E-state index in [1.807, 2.05) is 0 Å². The number of carboxylic acid groups (broad SMARTS) is 6. The van der Waals surface area contributed by atoms with Crippen molar-refractivity contribution in [2.75, 3.05) is 0 Å². The van der Waals surface area contributed by atoms with E-state index in [0.29, 0.717) is 0 Å². The number of aliphatic carboxylic acids is 6. The van der Waals surface area contributed by atoms with Gasteiger partial charge in [-0.05, 0) is 0 Å². The van der Waals surface area contributed by atoms with Crippen LogP contribution in [0.1, 0.15) is 0 Å². The van der Waals surface area contributed by atoms with Gasteiger partial charge in [-0.25, -0.2) is 9.59 Å². The van der Waals surface area contributed by atoms with E-state index in [-0.39, 0.29) is 34.1 Å². The van der Waals surface area contributed by atoms with Crippen molar-refractivity contribution in [3.63, 3.8) is 0 Å². The zero-order chi connectivity index (χ0) is 24.9. The standard InChI is InChI=1S/3C4H6O6.2Fe/c3*5-1(3(7)8)2(6)4(9)10;;/h3*1-2,5-6H,(H,7,8)(H,9,10);;/q;;;2*+2/p-4. The van der Waals surface area contributed by atoms with Gasteiger partial charge < -0.3 is 80.5 Å². The molecule has 20 heteroatoms. The first-order valence-electron chi connectivity index (χ1n) is 6.77. The van der Waals surface area contributed by atoms with Gasteiger partial charge >= 0.3 is 46.1 Å². The molecule has 0 amide bonds. The van der Waals surface area contributed by atoms with E-state index in [1.54, 1.807) is 0 Å².